The van der Waals surface area contributed by atoms with Gasteiger partial charge in [-0.2, -0.15) is 0 Å². The molecule has 0 aromatic carbocycles. The van der Waals surface area contributed by atoms with Gasteiger partial charge < -0.3 is 11.1 Å². The van der Waals surface area contributed by atoms with Gasteiger partial charge in [0.2, 0.25) is 5.91 Å². The van der Waals surface area contributed by atoms with Crippen LogP contribution in [0.25, 0.3) is 0 Å². The largest absolute Gasteiger partial charge is 0.351 e. The molecule has 2 heterocycles. The highest BCUT2D eigenvalue weighted by Gasteiger charge is 2.30. The monoisotopic (exact) mass is 306 g/mol. The number of carbonyl (C=O) groups excluding carboxylic acids is 3. The summed E-state index contributed by atoms with van der Waals surface area (Å²) in [6.45, 7) is 2.12. The normalized spacial score (nSPS) is 13.7. The molecule has 3 N–H and O–H groups in total. The predicted octanol–water partition coefficient (Wildman–Crippen LogP) is 2.07. The van der Waals surface area contributed by atoms with E-state index in [1.807, 2.05) is 0 Å². The van der Waals surface area contributed by atoms with E-state index >= 15 is 0 Å². The molecule has 0 saturated carbocycles. The summed E-state index contributed by atoms with van der Waals surface area (Å²) >= 11 is 0. The van der Waals surface area contributed by atoms with Crippen molar-refractivity contribution in [3.05, 3.63) is 17.8 Å². The van der Waals surface area contributed by atoms with Crippen LogP contribution in [0.3, 0.4) is 0 Å². The number of fused-ring (bicyclic) bond motifs is 1. The van der Waals surface area contributed by atoms with Crippen molar-refractivity contribution in [1.29, 1.82) is 0 Å². The molecule has 0 unspecified atom stereocenters. The average Bonchev–Trinajstić information content (AvgIpc) is 2.92. The van der Waals surface area contributed by atoms with Gasteiger partial charge in [0.15, 0.2) is 0 Å². The lowest BCUT2D eigenvalue weighted by atomic mass is 10.1. The molecule has 3 amide bonds. The molecule has 0 fully saturated rings. The second kappa shape index (κ2) is 7.11. The summed E-state index contributed by atoms with van der Waals surface area (Å²) in [5.74, 6) is -0.157. The van der Waals surface area contributed by atoms with Crippen LogP contribution in [-0.4, -0.2) is 29.1 Å². The lowest BCUT2D eigenvalue weighted by Crippen LogP contribution is -2.49. The Balaban J connectivity index is 2.10. The number of urea groups is 1. The van der Waals surface area contributed by atoms with Crippen molar-refractivity contribution in [2.75, 3.05) is 11.6 Å². The first kappa shape index (κ1) is 16.1. The van der Waals surface area contributed by atoms with E-state index in [4.69, 9.17) is 5.73 Å². The minimum absolute atomic E-state index is 0.0189. The lowest BCUT2D eigenvalue weighted by Gasteiger charge is -2.27. The summed E-state index contributed by atoms with van der Waals surface area (Å²) in [4.78, 5) is 36.8. The highest BCUT2D eigenvalue weighted by atomic mass is 16.2. The van der Waals surface area contributed by atoms with E-state index < -0.39 is 6.03 Å². The Bertz CT molecular complexity index is 579. The molecule has 120 valence electrons. The number of nitrogens with zero attached hydrogens (tertiary/aromatic N) is 2. The van der Waals surface area contributed by atoms with Gasteiger partial charge in [0.1, 0.15) is 12.5 Å². The van der Waals surface area contributed by atoms with Gasteiger partial charge in [-0.05, 0) is 12.5 Å². The Morgan fingerprint density at radius 2 is 2.00 bits per heavy atom. The molecule has 0 spiro atoms. The first-order chi connectivity index (χ1) is 10.6. The number of nitrogens with one attached hydrogen (secondary N) is 1. The molecular formula is C15H22N4O3. The van der Waals surface area contributed by atoms with Crippen LogP contribution in [0.15, 0.2) is 12.3 Å². The number of anilines is 1. The van der Waals surface area contributed by atoms with Crippen molar-refractivity contribution < 1.29 is 14.4 Å². The molecule has 1 aliphatic heterocycles. The summed E-state index contributed by atoms with van der Waals surface area (Å²) in [5.41, 5.74) is 5.62. The molecule has 2 rings (SSSR count). The van der Waals surface area contributed by atoms with Gasteiger partial charge in [-0.15, -0.1) is 0 Å². The van der Waals surface area contributed by atoms with E-state index in [0.29, 0.717) is 12.0 Å². The minimum Gasteiger partial charge on any atom is -0.351 e. The fraction of sp³-hybridized carbons (Fsp3) is 0.533. The Morgan fingerprint density at radius 1 is 1.27 bits per heavy atom. The van der Waals surface area contributed by atoms with Gasteiger partial charge in [0.25, 0.3) is 5.91 Å². The fourth-order valence-electron chi connectivity index (χ4n) is 2.58. The predicted molar refractivity (Wildman–Crippen MR) is 82.8 cm³/mol. The van der Waals surface area contributed by atoms with Crippen LogP contribution in [-0.2, 0) is 0 Å². The van der Waals surface area contributed by atoms with E-state index in [1.54, 1.807) is 0 Å². The van der Waals surface area contributed by atoms with Gasteiger partial charge in [-0.3, -0.25) is 19.1 Å². The highest BCUT2D eigenvalue weighted by molar-refractivity contribution is 6.08. The van der Waals surface area contributed by atoms with E-state index in [1.165, 1.54) is 28.2 Å². The Kier molecular flexibility index (Phi) is 5.19. The molecule has 22 heavy (non-hydrogen) atoms. The van der Waals surface area contributed by atoms with Crippen molar-refractivity contribution in [2.45, 2.75) is 45.4 Å². The first-order valence-corrected chi connectivity index (χ1v) is 7.66. The molecule has 1 aromatic rings. The van der Waals surface area contributed by atoms with Crippen molar-refractivity contribution in [1.82, 2.24) is 9.88 Å². The third kappa shape index (κ3) is 3.29. The summed E-state index contributed by atoms with van der Waals surface area (Å²) < 4.78 is 1.36. The molecule has 1 aromatic heterocycles. The smallest absolute Gasteiger partial charge is 0.321 e. The second-order valence-corrected chi connectivity index (χ2v) is 5.41. The molecule has 0 saturated heterocycles. The third-order valence-electron chi connectivity index (χ3n) is 3.79. The molecule has 7 nitrogen and oxygen atoms in total. The van der Waals surface area contributed by atoms with Gasteiger partial charge >= 0.3 is 6.03 Å². The number of rotatable bonds is 6. The molecule has 0 bridgehead atoms. The van der Waals surface area contributed by atoms with Crippen molar-refractivity contribution in [3.63, 3.8) is 0 Å². The third-order valence-corrected chi connectivity index (χ3v) is 3.79. The quantitative estimate of drug-likeness (QED) is 0.787. The number of carbonyl (C=O) groups is 3. The van der Waals surface area contributed by atoms with Gasteiger partial charge in [0, 0.05) is 12.6 Å². The van der Waals surface area contributed by atoms with Crippen molar-refractivity contribution in [3.8, 4) is 0 Å². The Morgan fingerprint density at radius 3 is 2.68 bits per heavy atom. The summed E-state index contributed by atoms with van der Waals surface area (Å²) in [6, 6.07) is 0.839. The molecular weight excluding hydrogens is 284 g/mol. The van der Waals surface area contributed by atoms with Crippen molar-refractivity contribution >= 4 is 23.7 Å². The number of unbranched alkanes of at least 4 members (excludes halogenated alkanes) is 4. The molecule has 7 heteroatoms. The number of hydrogen-bond donors (Lipinski definition) is 2. The highest BCUT2D eigenvalue weighted by Crippen LogP contribution is 2.25. The SMILES string of the molecule is CCCCCCCC(=O)n1ccc2c1N(C(N)=O)CNC2=O. The van der Waals surface area contributed by atoms with Crippen LogP contribution < -0.4 is 16.0 Å². The first-order valence-electron chi connectivity index (χ1n) is 7.66. The standard InChI is InChI=1S/C15H22N4O3/c1-2-3-4-5-6-7-12(20)18-9-8-11-13(21)17-10-19(14(11)18)15(16)22/h8-9H,2-7,10H2,1H3,(H2,16,22)(H,17,21). The number of aromatic nitrogens is 1. The molecule has 1 aliphatic rings. The second-order valence-electron chi connectivity index (χ2n) is 5.41. The van der Waals surface area contributed by atoms with Crippen LogP contribution >= 0.6 is 0 Å². The molecule has 0 radical (unpaired) electrons. The maximum Gasteiger partial charge on any atom is 0.321 e. The Labute approximate surface area is 129 Å². The van der Waals surface area contributed by atoms with Gasteiger partial charge in [0.05, 0.1) is 5.56 Å². The van der Waals surface area contributed by atoms with Crippen LogP contribution in [0.2, 0.25) is 0 Å². The Hall–Kier alpha value is -2.31. The number of amides is 3. The number of nitrogens with two attached hydrogens (primary N) is 1. The minimum atomic E-state index is -0.697. The van der Waals surface area contributed by atoms with E-state index in [9.17, 15) is 14.4 Å². The zero-order chi connectivity index (χ0) is 16.1. The van der Waals surface area contributed by atoms with Crippen LogP contribution in [0.4, 0.5) is 10.6 Å². The average molecular weight is 306 g/mol. The van der Waals surface area contributed by atoms with Crippen molar-refractivity contribution in [2.24, 2.45) is 5.73 Å². The van der Waals surface area contributed by atoms with Gasteiger partial charge in [-0.25, -0.2) is 4.79 Å². The summed E-state index contributed by atoms with van der Waals surface area (Å²) in [7, 11) is 0. The number of hydrogen-bond acceptors (Lipinski definition) is 3. The summed E-state index contributed by atoms with van der Waals surface area (Å²) in [5, 5.41) is 2.55. The van der Waals surface area contributed by atoms with Gasteiger partial charge in [-0.1, -0.05) is 32.6 Å². The zero-order valence-corrected chi connectivity index (χ0v) is 12.8. The summed E-state index contributed by atoms with van der Waals surface area (Å²) in [6.07, 6.45) is 7.16. The van der Waals surface area contributed by atoms with Crippen LogP contribution in [0.5, 0.6) is 0 Å². The maximum absolute atomic E-state index is 12.3. The number of primary amides is 1. The van der Waals surface area contributed by atoms with E-state index in [2.05, 4.69) is 12.2 Å². The topological polar surface area (TPSA) is 97.4 Å². The fourth-order valence-corrected chi connectivity index (χ4v) is 2.58. The maximum atomic E-state index is 12.3. The zero-order valence-electron chi connectivity index (χ0n) is 12.8. The molecule has 0 aliphatic carbocycles. The lowest BCUT2D eigenvalue weighted by molar-refractivity contribution is 0.0900. The molecule has 0 atom stereocenters. The van der Waals surface area contributed by atoms with E-state index in [-0.39, 0.29) is 24.3 Å². The van der Waals surface area contributed by atoms with Crippen LogP contribution in [0.1, 0.15) is 60.6 Å². The van der Waals surface area contributed by atoms with E-state index in [0.717, 1.165) is 25.7 Å². The van der Waals surface area contributed by atoms with Crippen LogP contribution in [0, 0.1) is 0 Å².